The quantitative estimate of drug-likeness (QED) is 0.168. The van der Waals surface area contributed by atoms with Crippen molar-refractivity contribution in [2.75, 3.05) is 25.7 Å². The Bertz CT molecular complexity index is 2340. The molecule has 4 aliphatic rings. The van der Waals surface area contributed by atoms with Gasteiger partial charge in [-0.05, 0) is 79.5 Å². The van der Waals surface area contributed by atoms with Crippen LogP contribution >= 0.6 is 22.9 Å². The van der Waals surface area contributed by atoms with Crippen LogP contribution in [0.3, 0.4) is 0 Å². The lowest BCUT2D eigenvalue weighted by Crippen LogP contribution is -2.49. The predicted molar refractivity (Wildman–Crippen MR) is 199 cm³/mol. The summed E-state index contributed by atoms with van der Waals surface area (Å²) in [6.45, 7) is 3.49. The molecule has 13 nitrogen and oxygen atoms in total. The van der Waals surface area contributed by atoms with Crippen LogP contribution in [0.5, 0.6) is 17.2 Å². The van der Waals surface area contributed by atoms with E-state index in [1.54, 1.807) is 32.2 Å². The van der Waals surface area contributed by atoms with E-state index in [0.29, 0.717) is 16.3 Å². The Morgan fingerprint density at radius 1 is 1.04 bits per heavy atom. The largest absolute Gasteiger partial charge is 0.502 e. The van der Waals surface area contributed by atoms with E-state index in [0.717, 1.165) is 31.0 Å². The molecule has 2 N–H and O–H groups in total. The number of fused-ring (bicyclic) bond motifs is 5. The number of aryl methyl sites for hydroxylation is 2. The molecule has 2 aromatic carbocycles. The van der Waals surface area contributed by atoms with Crippen LogP contribution in [0.15, 0.2) is 48.0 Å². The number of likely N-dealkylation sites (tertiary alicyclic amines) is 1. The zero-order valence-corrected chi connectivity index (χ0v) is 31.7. The molecule has 0 bridgehead atoms. The normalized spacial score (nSPS) is 26.3. The number of amides is 4. The van der Waals surface area contributed by atoms with Gasteiger partial charge in [0.15, 0.2) is 11.5 Å². The molecule has 0 spiro atoms. The number of carboxylic acid groups (broad SMARTS) is 1. The highest BCUT2D eigenvalue weighted by Gasteiger charge is 2.68. The number of benzene rings is 2. The number of aromatic nitrogens is 2. The van der Waals surface area contributed by atoms with E-state index in [4.69, 9.17) is 26.2 Å². The van der Waals surface area contributed by atoms with E-state index in [9.17, 15) is 29.4 Å². The monoisotopic (exact) mass is 772 g/mol. The topological polar surface area (TPSA) is 169 Å². The molecule has 2 aromatic heterocycles. The SMILES string of the molecule is COc1cc(C2C3=CCC4C(=O)N(CCC(=O)O)C(=O)C4C3CC3C(=O)N(c4cc(-c5sc6ccc(Cl)cc6c5C)nn4C)C(=O)C32C)cc(OC)c1O. The number of aliphatic carboxylic acids is 1. The maximum absolute atomic E-state index is 15.1. The summed E-state index contributed by atoms with van der Waals surface area (Å²) >= 11 is 7.83. The number of thiophene rings is 1. The van der Waals surface area contributed by atoms with Crippen molar-refractivity contribution in [2.45, 2.75) is 39.0 Å². The number of hydrogen-bond acceptors (Lipinski definition) is 10. The van der Waals surface area contributed by atoms with Crippen LogP contribution in [0.2, 0.25) is 5.02 Å². The fourth-order valence-electron chi connectivity index (χ4n) is 9.40. The number of rotatable bonds is 8. The summed E-state index contributed by atoms with van der Waals surface area (Å²) in [6.07, 6.45) is 1.82. The van der Waals surface area contributed by atoms with Gasteiger partial charge in [0.1, 0.15) is 11.5 Å². The van der Waals surface area contributed by atoms with Crippen LogP contribution in [-0.4, -0.2) is 75.3 Å². The first-order valence-electron chi connectivity index (χ1n) is 17.5. The number of carbonyl (C=O) groups is 5. The number of phenolic OH excluding ortho intramolecular Hbond substituents is 1. The molecule has 8 rings (SSSR count). The van der Waals surface area contributed by atoms with Gasteiger partial charge in [-0.1, -0.05) is 23.3 Å². The fraction of sp³-hybridized carbons (Fsp3) is 0.385. The second-order valence-electron chi connectivity index (χ2n) is 14.6. The standard InChI is InChI=1S/C39H37ClN4O9S/c1-17-22-14-19(40)6-9-28(22)54-34(17)25-16-29(42(3)41-25)44-36(49)24-15-23-20(7-8-21-31(23)37(50)43(35(21)48)11-10-30(45)46)32(39(24,2)38(44)51)18-12-26(52-4)33(47)27(13-18)53-5/h6-7,9,12-14,16,21,23-24,31-32,47H,8,10-11,15H2,1-5H3,(H,45,46). The number of nitrogens with zero attached hydrogens (tertiary/aromatic N) is 4. The molecule has 2 aliphatic carbocycles. The summed E-state index contributed by atoms with van der Waals surface area (Å²) < 4.78 is 13.6. The lowest BCUT2D eigenvalue weighted by atomic mass is 9.51. The first kappa shape index (κ1) is 35.8. The number of phenols is 1. The third kappa shape index (κ3) is 5.02. The number of aromatic hydroxyl groups is 1. The van der Waals surface area contributed by atoms with Gasteiger partial charge in [-0.15, -0.1) is 11.3 Å². The van der Waals surface area contributed by atoms with Gasteiger partial charge in [0, 0.05) is 35.3 Å². The van der Waals surface area contributed by atoms with Gasteiger partial charge in [-0.25, -0.2) is 4.90 Å². The molecule has 3 fully saturated rings. The maximum Gasteiger partial charge on any atom is 0.305 e. The van der Waals surface area contributed by atoms with Gasteiger partial charge in [-0.2, -0.15) is 5.10 Å². The Morgan fingerprint density at radius 2 is 1.74 bits per heavy atom. The van der Waals surface area contributed by atoms with Gasteiger partial charge in [0.05, 0.1) is 48.7 Å². The number of anilines is 1. The fourth-order valence-corrected chi connectivity index (χ4v) is 10.7. The van der Waals surface area contributed by atoms with E-state index in [2.05, 4.69) is 0 Å². The molecule has 2 saturated heterocycles. The average molecular weight is 773 g/mol. The number of ether oxygens (including phenoxy) is 2. The maximum atomic E-state index is 15.1. The highest BCUT2D eigenvalue weighted by atomic mass is 35.5. The first-order chi connectivity index (χ1) is 25.7. The molecule has 0 radical (unpaired) electrons. The molecule has 4 amide bonds. The minimum atomic E-state index is -1.39. The molecule has 15 heteroatoms. The van der Waals surface area contributed by atoms with Gasteiger partial charge >= 0.3 is 5.97 Å². The Balaban J connectivity index is 1.26. The van der Waals surface area contributed by atoms with Crippen LogP contribution in [0.4, 0.5) is 5.82 Å². The molecule has 6 unspecified atom stereocenters. The number of carboxylic acids is 1. The Morgan fingerprint density at radius 3 is 2.41 bits per heavy atom. The summed E-state index contributed by atoms with van der Waals surface area (Å²) in [6, 6.07) is 10.6. The van der Waals surface area contributed by atoms with E-state index in [-0.39, 0.29) is 48.9 Å². The Hall–Kier alpha value is -5.21. The lowest BCUT2D eigenvalue weighted by molar-refractivity contribution is -0.142. The van der Waals surface area contributed by atoms with E-state index in [1.165, 1.54) is 35.1 Å². The first-order valence-corrected chi connectivity index (χ1v) is 18.7. The smallest absolute Gasteiger partial charge is 0.305 e. The van der Waals surface area contributed by atoms with Gasteiger partial charge < -0.3 is 19.7 Å². The molecular formula is C39H37ClN4O9S. The van der Waals surface area contributed by atoms with Gasteiger partial charge in [-0.3, -0.25) is 33.6 Å². The van der Waals surface area contributed by atoms with Crippen LogP contribution in [0, 0.1) is 36.0 Å². The van der Waals surface area contributed by atoms with Gasteiger partial charge in [0.25, 0.3) is 0 Å². The predicted octanol–water partition coefficient (Wildman–Crippen LogP) is 5.69. The van der Waals surface area contributed by atoms with Crippen molar-refractivity contribution in [3.63, 3.8) is 0 Å². The van der Waals surface area contributed by atoms with Crippen molar-refractivity contribution in [1.82, 2.24) is 14.7 Å². The number of allylic oxidation sites excluding steroid dienone is 2. The average Bonchev–Trinajstić information content (AvgIpc) is 3.81. The van der Waals surface area contributed by atoms with Crippen molar-refractivity contribution in [2.24, 2.45) is 36.1 Å². The number of methoxy groups -OCH3 is 2. The molecule has 280 valence electrons. The number of halogens is 1. The third-order valence-corrected chi connectivity index (χ3v) is 13.5. The molecule has 4 heterocycles. The molecule has 54 heavy (non-hydrogen) atoms. The summed E-state index contributed by atoms with van der Waals surface area (Å²) in [5.74, 6) is -6.63. The van der Waals surface area contributed by atoms with Crippen molar-refractivity contribution in [3.8, 4) is 27.8 Å². The van der Waals surface area contributed by atoms with Crippen molar-refractivity contribution in [1.29, 1.82) is 0 Å². The highest BCUT2D eigenvalue weighted by Crippen LogP contribution is 2.64. The summed E-state index contributed by atoms with van der Waals surface area (Å²) in [5.41, 5.74) is 1.41. The highest BCUT2D eigenvalue weighted by molar-refractivity contribution is 7.22. The van der Waals surface area contributed by atoms with Crippen LogP contribution in [-0.2, 0) is 31.0 Å². The number of hydrogen-bond donors (Lipinski definition) is 2. The summed E-state index contributed by atoms with van der Waals surface area (Å²) in [4.78, 5) is 72.1. The lowest BCUT2D eigenvalue weighted by Gasteiger charge is -2.49. The van der Waals surface area contributed by atoms with E-state index >= 15 is 4.79 Å². The van der Waals surface area contributed by atoms with Crippen LogP contribution in [0.1, 0.15) is 43.2 Å². The van der Waals surface area contributed by atoms with Crippen LogP contribution < -0.4 is 14.4 Å². The van der Waals surface area contributed by atoms with Crippen molar-refractivity contribution < 1.29 is 43.7 Å². The molecular weight excluding hydrogens is 736 g/mol. The zero-order chi connectivity index (χ0) is 38.5. The molecule has 4 aromatic rings. The second kappa shape index (κ2) is 12.7. The van der Waals surface area contributed by atoms with Crippen molar-refractivity contribution in [3.05, 3.63) is 64.2 Å². The zero-order valence-electron chi connectivity index (χ0n) is 30.1. The number of carbonyl (C=O) groups excluding carboxylic acids is 4. The second-order valence-corrected chi connectivity index (χ2v) is 16.1. The number of imide groups is 2. The Labute approximate surface area is 318 Å². The molecule has 6 atom stereocenters. The van der Waals surface area contributed by atoms with Crippen LogP contribution in [0.25, 0.3) is 20.7 Å². The van der Waals surface area contributed by atoms with E-state index in [1.807, 2.05) is 31.2 Å². The molecule has 1 saturated carbocycles. The minimum absolute atomic E-state index is 0.0952. The Kier molecular flexibility index (Phi) is 8.42. The third-order valence-electron chi connectivity index (χ3n) is 12.0. The van der Waals surface area contributed by atoms with Gasteiger partial charge in [0.2, 0.25) is 29.4 Å². The minimum Gasteiger partial charge on any atom is -0.502 e. The summed E-state index contributed by atoms with van der Waals surface area (Å²) in [5, 5.41) is 26.5. The summed E-state index contributed by atoms with van der Waals surface area (Å²) in [7, 11) is 4.46. The van der Waals surface area contributed by atoms with E-state index < -0.39 is 64.6 Å². The van der Waals surface area contributed by atoms with Crippen molar-refractivity contribution >= 4 is 68.4 Å². The molecule has 2 aliphatic heterocycles.